The average molecular weight is 1650 g/mol. The first-order valence-corrected chi connectivity index (χ1v) is 40.4. The number of ketones is 2. The maximum Gasteiger partial charge on any atom is 0.408 e. The summed E-state index contributed by atoms with van der Waals surface area (Å²) >= 11 is 0. The molecular formula is C88H118N2O28. The Labute approximate surface area is 688 Å². The number of aliphatic hydroxyl groups excluding tert-OH is 4. The van der Waals surface area contributed by atoms with E-state index in [4.69, 9.17) is 56.8 Å². The zero-order chi connectivity index (χ0) is 87.8. The van der Waals surface area contributed by atoms with E-state index < -0.39 is 225 Å². The van der Waals surface area contributed by atoms with E-state index in [1.807, 2.05) is 27.7 Å². The first-order chi connectivity index (χ1) is 54.6. The van der Waals surface area contributed by atoms with Gasteiger partial charge in [-0.1, -0.05) is 96.5 Å². The van der Waals surface area contributed by atoms with Crippen molar-refractivity contribution >= 4 is 71.5 Å². The first kappa shape index (κ1) is 91.4. The Bertz CT molecular complexity index is 4350. The van der Waals surface area contributed by atoms with Crippen LogP contribution >= 0.6 is 0 Å². The van der Waals surface area contributed by atoms with Gasteiger partial charge in [-0.3, -0.25) is 28.8 Å². The van der Waals surface area contributed by atoms with E-state index in [9.17, 15) is 68.4 Å². The van der Waals surface area contributed by atoms with Crippen molar-refractivity contribution in [3.05, 3.63) is 106 Å². The minimum atomic E-state index is -1.94. The number of hydrogen-bond acceptors (Lipinski definition) is 28. The van der Waals surface area contributed by atoms with E-state index in [1.165, 1.54) is 33.8 Å². The Balaban J connectivity index is 0.000000249. The summed E-state index contributed by atoms with van der Waals surface area (Å²) in [7, 11) is 0. The van der Waals surface area contributed by atoms with Gasteiger partial charge in [-0.05, 0) is 171 Å². The number of benzene rings is 2. The molecule has 4 unspecified atom stereocenters. The van der Waals surface area contributed by atoms with Crippen LogP contribution in [0.4, 0.5) is 9.59 Å². The molecule has 648 valence electrons. The predicted octanol–water partition coefficient (Wildman–Crippen LogP) is 9.09. The van der Waals surface area contributed by atoms with Crippen molar-refractivity contribution in [3.63, 3.8) is 0 Å². The SMILES string of the molecule is CC(=O)OC1C(=O)[C@@]2(C)[C@H]([C@H](OC(=O)c3ccccc3)C3C[C@H](OC(=O)[C@H](O)[C@@H](NC(=O)OC(C)(C)C)[C@H]4CC4(C)C)C(C)=C1C3(C)C)[C@]1(OC(C)=O)CO[C@@H]1C[C@@H]2O.CCC(=O)OC1C(=O)[C@@]2(C)[C@H]([C@H](OC(=O)c3ccccc3)C3C[C@H](OC(=O)[C@H](O)[C@H](C=C(C)C)NC(=O)OC(C)(C)C)C(C)=C1C3(C)C)[C@]1(OC(C)=O)CO[C@@H]1C[C@@H]2O. The highest BCUT2D eigenvalue weighted by Crippen LogP contribution is 2.66. The maximum atomic E-state index is 15.5. The number of nitrogens with one attached hydrogen (secondary N) is 2. The molecule has 0 aromatic heterocycles. The Morgan fingerprint density at radius 3 is 1.25 bits per heavy atom. The van der Waals surface area contributed by atoms with Gasteiger partial charge in [-0.2, -0.15) is 0 Å². The molecule has 5 saturated carbocycles. The summed E-state index contributed by atoms with van der Waals surface area (Å²) in [5.74, 6) is -12.6. The fraction of sp³-hybridized carbons (Fsp3) is 0.659. The first-order valence-electron chi connectivity index (χ1n) is 40.4. The topological polar surface area (TPSA) is 421 Å². The van der Waals surface area contributed by atoms with E-state index in [2.05, 4.69) is 10.6 Å². The van der Waals surface area contributed by atoms with Crippen LogP contribution in [0.15, 0.2) is 94.6 Å². The largest absolute Gasteiger partial charge is 0.458 e. The lowest BCUT2D eigenvalue weighted by Gasteiger charge is -2.66. The molecule has 118 heavy (non-hydrogen) atoms. The minimum absolute atomic E-state index is 0.0437. The van der Waals surface area contributed by atoms with Crippen LogP contribution in [0.2, 0.25) is 0 Å². The van der Waals surface area contributed by atoms with Crippen LogP contribution in [0.5, 0.6) is 0 Å². The van der Waals surface area contributed by atoms with Gasteiger partial charge < -0.3 is 87.9 Å². The molecule has 4 bridgehead atoms. The second kappa shape index (κ2) is 33.6. The second-order valence-corrected chi connectivity index (χ2v) is 37.6. The number of ether oxygens (including phenoxy) is 12. The number of aliphatic hydroxyl groups is 4. The number of allylic oxidation sites excluding steroid dienone is 1. The standard InChI is InChI=1S/2C44H59NO14/c1-21-27(56-38(52)32(49)31(26-19-41(26,7)8)45-39(53)59-40(4,5)6)17-25-33(57-37(51)24-15-13-12-14-16-24)35-43(11,28(48)18-29-44(35,20-54-29)58-23(3)47)36(50)34(55-22(2)46)30(21)42(25,9)10;1-12-31(48)56-35-32-23(4)28(55-39(52)33(49)27(18-22(2)3)45-40(53)59-41(6,7)8)19-26(42(32,9)10)34(57-38(51)25-16-14-13-15-17-25)36-43(11,37(35)50)29(47)20-30-44(36,21-54-30)58-24(5)46/h12-16,25-29,31-35,48-49H,17-20H2,1-11H3,(H,45,53);13-18,26-30,33-36,47,49H,12,19-21H2,1-11H3,(H,45,53)/t25?,26-,27+,28+,29-,31+,32-,33-,34?,35+,43-,44+;26?,27-,28-,29-,30+,33+,34+,35?,36-,43+,44-/m10/s1. The number of carbonyl (C=O) groups excluding carboxylic acids is 12. The lowest BCUT2D eigenvalue weighted by Crippen LogP contribution is -2.79. The monoisotopic (exact) mass is 1650 g/mol. The van der Waals surface area contributed by atoms with Gasteiger partial charge in [-0.25, -0.2) is 28.8 Å². The van der Waals surface area contributed by atoms with E-state index in [0.29, 0.717) is 23.1 Å². The van der Waals surface area contributed by atoms with Crippen LogP contribution in [0.3, 0.4) is 0 Å². The van der Waals surface area contributed by atoms with Crippen LogP contribution in [-0.4, -0.2) is 213 Å². The zero-order valence-electron chi connectivity index (χ0n) is 71.6. The molecule has 2 aromatic carbocycles. The van der Waals surface area contributed by atoms with Crippen molar-refractivity contribution in [2.75, 3.05) is 13.2 Å². The molecule has 6 N–H and O–H groups in total. The highest BCUT2D eigenvalue weighted by molar-refractivity contribution is 5.97. The molecule has 0 radical (unpaired) electrons. The highest BCUT2D eigenvalue weighted by atomic mass is 16.7. The summed E-state index contributed by atoms with van der Waals surface area (Å²) in [6.45, 7) is 35.7. The molecule has 2 aromatic rings. The van der Waals surface area contributed by atoms with Crippen LogP contribution in [0, 0.1) is 56.7 Å². The summed E-state index contributed by atoms with van der Waals surface area (Å²) in [6.07, 6.45) is -16.8. The normalized spacial score (nSPS) is 33.5. The van der Waals surface area contributed by atoms with Gasteiger partial charge in [0.1, 0.15) is 47.8 Å². The third kappa shape index (κ3) is 17.5. The van der Waals surface area contributed by atoms with E-state index in [0.717, 1.165) is 6.92 Å². The number of hydrogen-bond donors (Lipinski definition) is 6. The summed E-state index contributed by atoms with van der Waals surface area (Å²) in [5.41, 5.74) is -8.93. The summed E-state index contributed by atoms with van der Waals surface area (Å²) in [5, 5.41) is 52.4. The molecule has 2 aliphatic heterocycles. The van der Waals surface area contributed by atoms with Gasteiger partial charge in [0.2, 0.25) is 0 Å². The maximum absolute atomic E-state index is 15.5. The number of Topliss-reactive ketones (excluding diaryl/α,β-unsaturated/α-hetero) is 2. The molecule has 7 fully saturated rings. The molecular weight excluding hydrogens is 1530 g/mol. The van der Waals surface area contributed by atoms with Gasteiger partial charge in [0, 0.05) is 51.9 Å². The molecule has 0 spiro atoms. The smallest absolute Gasteiger partial charge is 0.408 e. The molecule has 7 aliphatic carbocycles. The molecule has 2 amide bonds. The van der Waals surface area contributed by atoms with Gasteiger partial charge in [-0.15, -0.1) is 0 Å². The lowest BCUT2D eigenvalue weighted by atomic mass is 9.46. The Hall–Kier alpha value is -8.94. The number of amides is 2. The number of esters is 8. The van der Waals surface area contributed by atoms with Crippen LogP contribution in [0.1, 0.15) is 212 Å². The van der Waals surface area contributed by atoms with E-state index in [-0.39, 0.29) is 78.9 Å². The van der Waals surface area contributed by atoms with Gasteiger partial charge in [0.05, 0.1) is 71.3 Å². The zero-order valence-corrected chi connectivity index (χ0v) is 71.6. The summed E-state index contributed by atoms with van der Waals surface area (Å²) < 4.78 is 72.2. The molecule has 11 rings (SSSR count). The Kier molecular flexibility index (Phi) is 26.0. The second-order valence-electron chi connectivity index (χ2n) is 37.6. The van der Waals surface area contributed by atoms with Crippen molar-refractivity contribution in [1.82, 2.24) is 10.6 Å². The van der Waals surface area contributed by atoms with Gasteiger partial charge in [0.15, 0.2) is 47.2 Å². The molecule has 30 heteroatoms. The van der Waals surface area contributed by atoms with Crippen molar-refractivity contribution < 1.29 is 135 Å². The number of alkyl carbamates (subject to hydrolysis) is 2. The quantitative estimate of drug-likeness (QED) is 0.0433. The summed E-state index contributed by atoms with van der Waals surface area (Å²) in [6, 6.07) is 14.0. The third-order valence-corrected chi connectivity index (χ3v) is 25.8. The summed E-state index contributed by atoms with van der Waals surface area (Å²) in [4.78, 5) is 165. The van der Waals surface area contributed by atoms with Gasteiger partial charge >= 0.3 is 59.9 Å². The van der Waals surface area contributed by atoms with Crippen LogP contribution < -0.4 is 10.6 Å². The fourth-order valence-electron chi connectivity index (χ4n) is 19.9. The molecule has 30 nitrogen and oxygen atoms in total. The molecule has 23 atom stereocenters. The average Bonchev–Trinajstić information content (AvgIpc) is 0.898. The van der Waals surface area contributed by atoms with E-state index >= 15 is 9.59 Å². The van der Waals surface area contributed by atoms with Crippen molar-refractivity contribution in [1.29, 1.82) is 0 Å². The van der Waals surface area contributed by atoms with Crippen molar-refractivity contribution in [3.8, 4) is 0 Å². The third-order valence-electron chi connectivity index (χ3n) is 25.8. The predicted molar refractivity (Wildman–Crippen MR) is 419 cm³/mol. The van der Waals surface area contributed by atoms with Crippen molar-refractivity contribution in [2.24, 2.45) is 56.7 Å². The van der Waals surface area contributed by atoms with Crippen LogP contribution in [0.25, 0.3) is 0 Å². The highest BCUT2D eigenvalue weighted by Gasteiger charge is 2.78. The fourth-order valence-corrected chi connectivity index (χ4v) is 19.9. The molecule has 2 heterocycles. The van der Waals surface area contributed by atoms with Crippen LogP contribution in [-0.2, 0) is 95.2 Å². The number of rotatable bonds is 19. The molecule has 2 saturated heterocycles. The number of carbonyl (C=O) groups is 12. The Morgan fingerprint density at radius 1 is 0.534 bits per heavy atom. The molecule has 9 aliphatic rings. The van der Waals surface area contributed by atoms with E-state index in [1.54, 1.807) is 151 Å². The minimum Gasteiger partial charge on any atom is -0.458 e. The van der Waals surface area contributed by atoms with Gasteiger partial charge in [0.25, 0.3) is 0 Å². The van der Waals surface area contributed by atoms with Crippen molar-refractivity contribution in [2.45, 2.75) is 299 Å². The Morgan fingerprint density at radius 2 is 0.915 bits per heavy atom. The lowest BCUT2D eigenvalue weighted by molar-refractivity contribution is -0.335. The number of fused-ring (bicyclic) bond motifs is 10.